The van der Waals surface area contributed by atoms with E-state index < -0.39 is 0 Å². The van der Waals surface area contributed by atoms with E-state index in [9.17, 15) is 4.79 Å². The van der Waals surface area contributed by atoms with E-state index in [2.05, 4.69) is 55.1 Å². The molecule has 2 heterocycles. The molecule has 0 unspecified atom stereocenters. The number of rotatable bonds is 7. The van der Waals surface area contributed by atoms with Gasteiger partial charge in [0, 0.05) is 26.1 Å². The first-order chi connectivity index (χ1) is 14.2. The SMILES string of the molecule is O=C(Cc1ccc(CCN2CCOCC2)cc1C1=CCCCC1)c1ncc(Br)[nH]1. The lowest BCUT2D eigenvalue weighted by Crippen LogP contribution is -2.37. The standard InChI is InChI=1S/C23H28BrN3O2/c24-22-16-25-23(26-22)21(28)15-19-7-6-17(8-9-27-10-12-29-13-11-27)14-20(19)18-4-2-1-3-5-18/h4,6-7,14,16H,1-3,5,8-13,15H2,(H,25,26). The third kappa shape index (κ3) is 5.44. The zero-order chi connectivity index (χ0) is 20.1. The highest BCUT2D eigenvalue weighted by Crippen LogP contribution is 2.30. The fourth-order valence-electron chi connectivity index (χ4n) is 4.12. The molecule has 154 valence electrons. The summed E-state index contributed by atoms with van der Waals surface area (Å²) in [6, 6.07) is 6.65. The van der Waals surface area contributed by atoms with Crippen LogP contribution in [0, 0.1) is 0 Å². The number of hydrogen-bond acceptors (Lipinski definition) is 4. The summed E-state index contributed by atoms with van der Waals surface area (Å²) in [5.74, 6) is 0.436. The van der Waals surface area contributed by atoms with Crippen molar-refractivity contribution in [2.45, 2.75) is 38.5 Å². The number of halogens is 1. The van der Waals surface area contributed by atoms with Crippen LogP contribution in [0.15, 0.2) is 35.1 Å². The zero-order valence-electron chi connectivity index (χ0n) is 16.8. The number of carbonyl (C=O) groups is 1. The van der Waals surface area contributed by atoms with Crippen molar-refractivity contribution in [2.24, 2.45) is 0 Å². The molecule has 1 N–H and O–H groups in total. The van der Waals surface area contributed by atoms with Crippen LogP contribution in [0.2, 0.25) is 0 Å². The van der Waals surface area contributed by atoms with E-state index >= 15 is 0 Å². The molecule has 1 saturated heterocycles. The number of benzene rings is 1. The van der Waals surface area contributed by atoms with E-state index in [0.29, 0.717) is 12.2 Å². The Hall–Kier alpha value is -1.76. The van der Waals surface area contributed by atoms with Crippen LogP contribution in [0.25, 0.3) is 5.57 Å². The van der Waals surface area contributed by atoms with Gasteiger partial charge >= 0.3 is 0 Å². The molecule has 0 spiro atoms. The van der Waals surface area contributed by atoms with Gasteiger partial charge in [-0.2, -0.15) is 0 Å². The molecule has 2 aliphatic rings. The van der Waals surface area contributed by atoms with Gasteiger partial charge in [0.15, 0.2) is 5.82 Å². The average molecular weight is 458 g/mol. The smallest absolute Gasteiger partial charge is 0.202 e. The van der Waals surface area contributed by atoms with Gasteiger partial charge < -0.3 is 9.72 Å². The molecule has 0 bridgehead atoms. The highest BCUT2D eigenvalue weighted by atomic mass is 79.9. The van der Waals surface area contributed by atoms with Crippen LogP contribution < -0.4 is 0 Å². The molecule has 1 aromatic heterocycles. The highest BCUT2D eigenvalue weighted by Gasteiger charge is 2.17. The predicted molar refractivity (Wildman–Crippen MR) is 118 cm³/mol. The number of H-pyrrole nitrogens is 1. The summed E-state index contributed by atoms with van der Waals surface area (Å²) in [5, 5.41) is 0. The third-order valence-electron chi connectivity index (χ3n) is 5.79. The number of Topliss-reactive ketones (excluding diaryl/α,β-unsaturated/α-hetero) is 1. The second-order valence-corrected chi connectivity index (χ2v) is 8.70. The quantitative estimate of drug-likeness (QED) is 0.624. The number of imidazole rings is 1. The second kappa shape index (κ2) is 9.83. The van der Waals surface area contributed by atoms with E-state index in [-0.39, 0.29) is 5.78 Å². The largest absolute Gasteiger partial charge is 0.379 e. The molecule has 0 amide bonds. The maximum absolute atomic E-state index is 12.7. The predicted octanol–water partition coefficient (Wildman–Crippen LogP) is 4.43. The minimum Gasteiger partial charge on any atom is -0.379 e. The molecular formula is C23H28BrN3O2. The van der Waals surface area contributed by atoms with Crippen LogP contribution in [0.1, 0.15) is 53.0 Å². The molecule has 6 heteroatoms. The Balaban J connectivity index is 1.53. The molecule has 1 fully saturated rings. The second-order valence-electron chi connectivity index (χ2n) is 7.85. The molecule has 2 aromatic rings. The number of carbonyl (C=O) groups excluding carboxylic acids is 1. The maximum Gasteiger partial charge on any atom is 0.202 e. The lowest BCUT2D eigenvalue weighted by Gasteiger charge is -2.26. The number of ether oxygens (including phenoxy) is 1. The third-order valence-corrected chi connectivity index (χ3v) is 6.19. The van der Waals surface area contributed by atoms with Crippen molar-refractivity contribution < 1.29 is 9.53 Å². The van der Waals surface area contributed by atoms with Crippen LogP contribution in [0.5, 0.6) is 0 Å². The number of ketones is 1. The fraction of sp³-hybridized carbons (Fsp3) is 0.478. The summed E-state index contributed by atoms with van der Waals surface area (Å²) in [7, 11) is 0. The van der Waals surface area contributed by atoms with E-state index in [4.69, 9.17) is 4.74 Å². The summed E-state index contributed by atoms with van der Waals surface area (Å²) in [5.41, 5.74) is 5.09. The Morgan fingerprint density at radius 1 is 1.24 bits per heavy atom. The Kier molecular flexibility index (Phi) is 6.95. The lowest BCUT2D eigenvalue weighted by atomic mass is 9.87. The molecule has 5 nitrogen and oxygen atoms in total. The Morgan fingerprint density at radius 3 is 2.83 bits per heavy atom. The Labute approximate surface area is 180 Å². The molecule has 1 aliphatic heterocycles. The molecule has 0 radical (unpaired) electrons. The van der Waals surface area contributed by atoms with Crippen LogP contribution in [0.4, 0.5) is 0 Å². The number of hydrogen-bond donors (Lipinski definition) is 1. The average Bonchev–Trinajstić information content (AvgIpc) is 3.21. The lowest BCUT2D eigenvalue weighted by molar-refractivity contribution is 0.0384. The molecular weight excluding hydrogens is 430 g/mol. The van der Waals surface area contributed by atoms with Crippen LogP contribution in [0.3, 0.4) is 0 Å². The van der Waals surface area contributed by atoms with Gasteiger partial charge in [-0.05, 0) is 70.3 Å². The summed E-state index contributed by atoms with van der Waals surface area (Å²) in [4.78, 5) is 22.4. The van der Waals surface area contributed by atoms with Crippen molar-refractivity contribution in [1.82, 2.24) is 14.9 Å². The van der Waals surface area contributed by atoms with Gasteiger partial charge in [-0.3, -0.25) is 9.69 Å². The van der Waals surface area contributed by atoms with E-state index in [1.54, 1.807) is 6.20 Å². The van der Waals surface area contributed by atoms with E-state index in [1.165, 1.54) is 29.5 Å². The fourth-order valence-corrected chi connectivity index (χ4v) is 4.41. The van der Waals surface area contributed by atoms with Gasteiger partial charge in [0.2, 0.25) is 5.78 Å². The summed E-state index contributed by atoms with van der Waals surface area (Å²) in [6.45, 7) is 4.76. The van der Waals surface area contributed by atoms with Gasteiger partial charge in [-0.15, -0.1) is 0 Å². The summed E-state index contributed by atoms with van der Waals surface area (Å²) in [6.07, 6.45) is 10.1. The number of nitrogens with zero attached hydrogens (tertiary/aromatic N) is 2. The first kappa shape index (κ1) is 20.5. The van der Waals surface area contributed by atoms with Crippen molar-refractivity contribution >= 4 is 27.3 Å². The number of aromatic amines is 1. The molecule has 1 aliphatic carbocycles. The van der Waals surface area contributed by atoms with Gasteiger partial charge in [0.1, 0.15) is 4.60 Å². The first-order valence-corrected chi connectivity index (χ1v) is 11.3. The van der Waals surface area contributed by atoms with Crippen molar-refractivity contribution in [3.63, 3.8) is 0 Å². The van der Waals surface area contributed by atoms with Gasteiger partial charge in [0.25, 0.3) is 0 Å². The molecule has 4 rings (SSSR count). The summed E-state index contributed by atoms with van der Waals surface area (Å²) < 4.78 is 6.18. The van der Waals surface area contributed by atoms with Crippen LogP contribution >= 0.6 is 15.9 Å². The van der Waals surface area contributed by atoms with Gasteiger partial charge in [0.05, 0.1) is 19.4 Å². The zero-order valence-corrected chi connectivity index (χ0v) is 18.3. The highest BCUT2D eigenvalue weighted by molar-refractivity contribution is 9.10. The topological polar surface area (TPSA) is 58.2 Å². The van der Waals surface area contributed by atoms with Gasteiger partial charge in [-0.1, -0.05) is 24.3 Å². The number of allylic oxidation sites excluding steroid dienone is 2. The molecule has 29 heavy (non-hydrogen) atoms. The Bertz CT molecular complexity index is 884. The molecule has 1 aromatic carbocycles. The van der Waals surface area contributed by atoms with Crippen LogP contribution in [-0.2, 0) is 17.6 Å². The van der Waals surface area contributed by atoms with E-state index in [1.807, 2.05) is 0 Å². The normalized spacial score (nSPS) is 17.9. The van der Waals surface area contributed by atoms with Crippen molar-refractivity contribution in [1.29, 1.82) is 0 Å². The van der Waals surface area contributed by atoms with Crippen molar-refractivity contribution in [3.8, 4) is 0 Å². The number of nitrogens with one attached hydrogen (secondary N) is 1. The van der Waals surface area contributed by atoms with E-state index in [0.717, 1.165) is 62.3 Å². The van der Waals surface area contributed by atoms with Crippen LogP contribution in [-0.4, -0.2) is 53.5 Å². The molecule has 0 saturated carbocycles. The maximum atomic E-state index is 12.7. The monoisotopic (exact) mass is 457 g/mol. The first-order valence-electron chi connectivity index (χ1n) is 10.5. The Morgan fingerprint density at radius 2 is 2.10 bits per heavy atom. The van der Waals surface area contributed by atoms with Gasteiger partial charge in [-0.25, -0.2) is 4.98 Å². The minimum atomic E-state index is 0.0226. The summed E-state index contributed by atoms with van der Waals surface area (Å²) >= 11 is 3.33. The number of aromatic nitrogens is 2. The van der Waals surface area contributed by atoms with Crippen molar-refractivity contribution in [3.05, 3.63) is 57.6 Å². The number of morpholine rings is 1. The molecule has 0 atom stereocenters. The van der Waals surface area contributed by atoms with Crippen molar-refractivity contribution in [2.75, 3.05) is 32.8 Å². The minimum absolute atomic E-state index is 0.0226.